The summed E-state index contributed by atoms with van der Waals surface area (Å²) in [6.45, 7) is 3.22. The van der Waals surface area contributed by atoms with Crippen LogP contribution in [0.1, 0.15) is 15.9 Å². The van der Waals surface area contributed by atoms with Crippen LogP contribution in [0.5, 0.6) is 0 Å². The van der Waals surface area contributed by atoms with Gasteiger partial charge in [0.1, 0.15) is 0 Å². The molecule has 0 atom stereocenters. The van der Waals surface area contributed by atoms with E-state index in [2.05, 4.69) is 22.5 Å². The molecule has 5 heteroatoms. The lowest BCUT2D eigenvalue weighted by molar-refractivity contribution is -0.137. The fourth-order valence-corrected chi connectivity index (χ4v) is 1.44. The van der Waals surface area contributed by atoms with Crippen LogP contribution in [0.25, 0.3) is 0 Å². The molecule has 80 valence electrons. The molecule has 0 aliphatic heterocycles. The third-order valence-corrected chi connectivity index (χ3v) is 2.44. The Kier molecular flexibility index (Phi) is 3.34. The van der Waals surface area contributed by atoms with Gasteiger partial charge < -0.3 is 0 Å². The molecule has 0 aliphatic carbocycles. The quantitative estimate of drug-likeness (QED) is 0.594. The van der Waals surface area contributed by atoms with Gasteiger partial charge in [-0.1, -0.05) is 22.5 Å². The van der Waals surface area contributed by atoms with Gasteiger partial charge in [-0.25, -0.2) is 0 Å². The predicted molar refractivity (Wildman–Crippen MR) is 53.7 cm³/mol. The third kappa shape index (κ3) is 2.68. The van der Waals surface area contributed by atoms with Gasteiger partial charge in [0.2, 0.25) is 0 Å². The molecule has 0 aromatic heterocycles. The van der Waals surface area contributed by atoms with Gasteiger partial charge in [0, 0.05) is 10.0 Å². The van der Waals surface area contributed by atoms with Crippen molar-refractivity contribution in [3.63, 3.8) is 0 Å². The molecular weight excluding hydrogens is 273 g/mol. The van der Waals surface area contributed by atoms with E-state index in [1.54, 1.807) is 0 Å². The second kappa shape index (κ2) is 4.18. The van der Waals surface area contributed by atoms with Gasteiger partial charge in [0.15, 0.2) is 5.78 Å². The van der Waals surface area contributed by atoms with E-state index in [9.17, 15) is 18.0 Å². The molecule has 0 saturated heterocycles. The molecule has 1 aromatic rings. The van der Waals surface area contributed by atoms with Gasteiger partial charge in [-0.05, 0) is 24.3 Å². The molecule has 0 N–H and O–H groups in total. The van der Waals surface area contributed by atoms with Crippen molar-refractivity contribution in [1.29, 1.82) is 0 Å². The van der Waals surface area contributed by atoms with Crippen LogP contribution in [0, 0.1) is 0 Å². The van der Waals surface area contributed by atoms with Gasteiger partial charge >= 0.3 is 6.18 Å². The molecule has 0 bridgehead atoms. The summed E-state index contributed by atoms with van der Waals surface area (Å²) in [6, 6.07) is 2.90. The van der Waals surface area contributed by atoms with Crippen molar-refractivity contribution in [1.82, 2.24) is 0 Å². The number of hydrogen-bond donors (Lipinski definition) is 0. The van der Waals surface area contributed by atoms with Crippen LogP contribution in [-0.2, 0) is 6.18 Å². The lowest BCUT2D eigenvalue weighted by Crippen LogP contribution is -2.07. The number of rotatable bonds is 2. The van der Waals surface area contributed by atoms with E-state index in [0.29, 0.717) is 4.47 Å². The molecule has 0 radical (unpaired) electrons. The van der Waals surface area contributed by atoms with Gasteiger partial charge in [-0.15, -0.1) is 0 Å². The summed E-state index contributed by atoms with van der Waals surface area (Å²) in [6.07, 6.45) is -3.48. The van der Waals surface area contributed by atoms with Crippen molar-refractivity contribution in [3.8, 4) is 0 Å². The minimum Gasteiger partial charge on any atom is -0.289 e. The maximum atomic E-state index is 12.3. The zero-order valence-corrected chi connectivity index (χ0v) is 9.02. The van der Waals surface area contributed by atoms with Crippen molar-refractivity contribution >= 4 is 21.7 Å². The monoisotopic (exact) mass is 278 g/mol. The van der Waals surface area contributed by atoms with E-state index in [1.165, 1.54) is 6.07 Å². The Morgan fingerprint density at radius 3 is 2.47 bits per heavy atom. The van der Waals surface area contributed by atoms with Crippen LogP contribution >= 0.6 is 15.9 Å². The summed E-state index contributed by atoms with van der Waals surface area (Å²) in [5.41, 5.74) is -0.893. The van der Waals surface area contributed by atoms with Gasteiger partial charge in [0.25, 0.3) is 0 Å². The van der Waals surface area contributed by atoms with Crippen molar-refractivity contribution in [2.24, 2.45) is 0 Å². The second-order valence-corrected chi connectivity index (χ2v) is 3.62. The minimum absolute atomic E-state index is 0.0418. The summed E-state index contributed by atoms with van der Waals surface area (Å²) >= 11 is 3.00. The fourth-order valence-electron chi connectivity index (χ4n) is 1.00. The van der Waals surface area contributed by atoms with E-state index in [0.717, 1.165) is 18.2 Å². The van der Waals surface area contributed by atoms with Gasteiger partial charge in [-0.3, -0.25) is 4.79 Å². The average molecular weight is 279 g/mol. The number of benzene rings is 1. The topological polar surface area (TPSA) is 17.1 Å². The molecule has 1 rings (SSSR count). The molecule has 1 nitrogen and oxygen atoms in total. The Balaban J connectivity index is 3.29. The molecule has 0 saturated carbocycles. The fraction of sp³-hybridized carbons (Fsp3) is 0.100. The van der Waals surface area contributed by atoms with Gasteiger partial charge in [0.05, 0.1) is 5.56 Å². The highest BCUT2D eigenvalue weighted by Gasteiger charge is 2.31. The van der Waals surface area contributed by atoms with Crippen molar-refractivity contribution in [2.75, 3.05) is 0 Å². The number of alkyl halides is 3. The molecule has 0 fully saturated rings. The number of halogens is 4. The van der Waals surface area contributed by atoms with E-state index >= 15 is 0 Å². The molecule has 15 heavy (non-hydrogen) atoms. The van der Waals surface area contributed by atoms with E-state index in [4.69, 9.17) is 0 Å². The van der Waals surface area contributed by atoms with Crippen LogP contribution in [-0.4, -0.2) is 5.78 Å². The Morgan fingerprint density at radius 2 is 2.00 bits per heavy atom. The summed E-state index contributed by atoms with van der Waals surface area (Å²) in [5, 5.41) is 0. The SMILES string of the molecule is C=CC(=O)c1cc(C(F)(F)F)ccc1Br. The molecule has 0 amide bonds. The Labute approximate surface area is 92.7 Å². The molecule has 0 spiro atoms. The maximum absolute atomic E-state index is 12.3. The summed E-state index contributed by atoms with van der Waals surface area (Å²) < 4.78 is 37.3. The molecule has 0 heterocycles. The normalized spacial score (nSPS) is 11.2. The number of carbonyl (C=O) groups excluding carboxylic acids is 1. The maximum Gasteiger partial charge on any atom is 0.416 e. The summed E-state index contributed by atoms with van der Waals surface area (Å²) in [4.78, 5) is 11.2. The zero-order chi connectivity index (χ0) is 11.6. The minimum atomic E-state index is -4.45. The van der Waals surface area contributed by atoms with E-state index in [-0.39, 0.29) is 5.56 Å². The zero-order valence-electron chi connectivity index (χ0n) is 7.44. The average Bonchev–Trinajstić information content (AvgIpc) is 2.15. The summed E-state index contributed by atoms with van der Waals surface area (Å²) in [5.74, 6) is -0.548. The van der Waals surface area contributed by atoms with Crippen LogP contribution in [0.2, 0.25) is 0 Å². The number of allylic oxidation sites excluding steroid dienone is 1. The van der Waals surface area contributed by atoms with Crippen LogP contribution in [0.15, 0.2) is 35.3 Å². The highest BCUT2D eigenvalue weighted by Crippen LogP contribution is 2.32. The van der Waals surface area contributed by atoms with Crippen LogP contribution in [0.3, 0.4) is 0 Å². The lowest BCUT2D eigenvalue weighted by Gasteiger charge is -2.08. The molecule has 0 aliphatic rings. The first-order valence-corrected chi connectivity index (χ1v) is 4.69. The number of carbonyl (C=O) groups is 1. The predicted octanol–water partition coefficient (Wildman–Crippen LogP) is 3.84. The van der Waals surface area contributed by atoms with Crippen molar-refractivity contribution < 1.29 is 18.0 Å². The van der Waals surface area contributed by atoms with Crippen molar-refractivity contribution in [2.45, 2.75) is 6.18 Å². The Hall–Kier alpha value is -1.10. The largest absolute Gasteiger partial charge is 0.416 e. The number of hydrogen-bond acceptors (Lipinski definition) is 1. The number of ketones is 1. The highest BCUT2D eigenvalue weighted by atomic mass is 79.9. The Bertz CT molecular complexity index is 410. The highest BCUT2D eigenvalue weighted by molar-refractivity contribution is 9.10. The summed E-state index contributed by atoms with van der Waals surface area (Å²) in [7, 11) is 0. The molecule has 1 aromatic carbocycles. The first-order chi connectivity index (χ1) is 6.86. The van der Waals surface area contributed by atoms with Crippen LogP contribution < -0.4 is 0 Å². The molecule has 0 unspecified atom stereocenters. The van der Waals surface area contributed by atoms with Crippen LogP contribution in [0.4, 0.5) is 13.2 Å². The standard InChI is InChI=1S/C10H6BrF3O/c1-2-9(15)7-5-6(10(12,13)14)3-4-8(7)11/h2-5H,1H2. The van der Waals surface area contributed by atoms with E-state index < -0.39 is 17.5 Å². The first-order valence-electron chi connectivity index (χ1n) is 3.90. The van der Waals surface area contributed by atoms with Crippen molar-refractivity contribution in [3.05, 3.63) is 46.5 Å². The van der Waals surface area contributed by atoms with E-state index in [1.807, 2.05) is 0 Å². The Morgan fingerprint density at radius 1 is 1.40 bits per heavy atom. The first kappa shape index (κ1) is 12.0. The third-order valence-electron chi connectivity index (χ3n) is 1.74. The molecular formula is C10H6BrF3O. The van der Waals surface area contributed by atoms with Gasteiger partial charge in [-0.2, -0.15) is 13.2 Å². The smallest absolute Gasteiger partial charge is 0.289 e. The second-order valence-electron chi connectivity index (χ2n) is 2.76. The lowest BCUT2D eigenvalue weighted by atomic mass is 10.1.